The lowest BCUT2D eigenvalue weighted by atomic mass is 10.1. The first kappa shape index (κ1) is 14.9. The van der Waals surface area contributed by atoms with Crippen LogP contribution in [0.15, 0.2) is 65.6 Å². The van der Waals surface area contributed by atoms with Crippen LogP contribution in [0.2, 0.25) is 0 Å². The van der Waals surface area contributed by atoms with E-state index in [2.05, 4.69) is 35.1 Å². The van der Waals surface area contributed by atoms with Gasteiger partial charge in [0.15, 0.2) is 0 Å². The average molecular weight is 309 g/mol. The zero-order valence-electron chi connectivity index (χ0n) is 12.3. The van der Waals surface area contributed by atoms with Gasteiger partial charge in [0.05, 0.1) is 5.69 Å². The van der Waals surface area contributed by atoms with Gasteiger partial charge in [-0.15, -0.1) is 11.8 Å². The van der Waals surface area contributed by atoms with E-state index in [1.54, 1.807) is 23.9 Å². The summed E-state index contributed by atoms with van der Waals surface area (Å²) in [5, 5.41) is 0. The number of benzene rings is 2. The van der Waals surface area contributed by atoms with Crippen molar-refractivity contribution in [3.63, 3.8) is 0 Å². The zero-order valence-corrected chi connectivity index (χ0v) is 13.1. The highest BCUT2D eigenvalue weighted by Gasteiger charge is 2.11. The van der Waals surface area contributed by atoms with Gasteiger partial charge in [-0.3, -0.25) is 0 Å². The summed E-state index contributed by atoms with van der Waals surface area (Å²) in [6.07, 6.45) is 2.51. The molecule has 3 heteroatoms. The minimum Gasteiger partial charge on any atom is -0.314 e. The van der Waals surface area contributed by atoms with Gasteiger partial charge in [0, 0.05) is 16.3 Å². The van der Waals surface area contributed by atoms with Crippen molar-refractivity contribution in [2.24, 2.45) is 0 Å². The topological polar surface area (TPSA) is 4.93 Å². The van der Waals surface area contributed by atoms with Crippen LogP contribution in [0.1, 0.15) is 5.69 Å². The molecule has 0 aliphatic carbocycles. The van der Waals surface area contributed by atoms with Crippen LogP contribution in [0.25, 0.3) is 16.9 Å². The fourth-order valence-electron chi connectivity index (χ4n) is 2.52. The fraction of sp³-hybridized carbons (Fsp3) is 0.105. The molecule has 22 heavy (non-hydrogen) atoms. The van der Waals surface area contributed by atoms with Gasteiger partial charge in [-0.1, -0.05) is 0 Å². The van der Waals surface area contributed by atoms with Crippen LogP contribution in [-0.4, -0.2) is 10.8 Å². The first-order valence-electron chi connectivity index (χ1n) is 7.04. The molecule has 0 aliphatic rings. The SMILES string of the molecule is [CH]Cc1ccc(-c2ccc(F)cc2)n1-c1ccc(SC)cc1. The van der Waals surface area contributed by atoms with E-state index >= 15 is 0 Å². The van der Waals surface area contributed by atoms with Crippen molar-refractivity contribution in [1.29, 1.82) is 0 Å². The molecule has 3 aromatic rings. The summed E-state index contributed by atoms with van der Waals surface area (Å²) in [6, 6.07) is 18.9. The Balaban J connectivity index is 2.12. The highest BCUT2D eigenvalue weighted by atomic mass is 32.2. The molecular weight excluding hydrogens is 293 g/mol. The molecule has 0 atom stereocenters. The summed E-state index contributed by atoms with van der Waals surface area (Å²) in [7, 11) is 0. The molecule has 0 amide bonds. The second-order valence-electron chi connectivity index (χ2n) is 4.95. The van der Waals surface area contributed by atoms with E-state index in [9.17, 15) is 4.39 Å². The molecule has 1 nitrogen and oxygen atoms in total. The minimum absolute atomic E-state index is 0.231. The first-order chi connectivity index (χ1) is 10.7. The van der Waals surface area contributed by atoms with Crippen LogP contribution < -0.4 is 0 Å². The third kappa shape index (κ3) is 2.81. The monoisotopic (exact) mass is 309 g/mol. The van der Waals surface area contributed by atoms with Gasteiger partial charge < -0.3 is 4.57 Å². The maximum atomic E-state index is 13.2. The molecule has 2 aromatic carbocycles. The van der Waals surface area contributed by atoms with Crippen molar-refractivity contribution >= 4 is 11.8 Å². The lowest BCUT2D eigenvalue weighted by molar-refractivity contribution is 0.628. The van der Waals surface area contributed by atoms with Gasteiger partial charge in [-0.25, -0.2) is 4.39 Å². The number of hydrogen-bond donors (Lipinski definition) is 0. The van der Waals surface area contributed by atoms with E-state index in [1.165, 1.54) is 17.0 Å². The molecule has 2 radical (unpaired) electrons. The predicted molar refractivity (Wildman–Crippen MR) is 90.9 cm³/mol. The molecule has 0 N–H and O–H groups in total. The van der Waals surface area contributed by atoms with Crippen molar-refractivity contribution in [3.8, 4) is 16.9 Å². The predicted octanol–water partition coefficient (Wildman–Crippen LogP) is 5.26. The maximum Gasteiger partial charge on any atom is 0.123 e. The second kappa shape index (κ2) is 6.41. The van der Waals surface area contributed by atoms with Crippen molar-refractivity contribution in [2.45, 2.75) is 11.3 Å². The Morgan fingerprint density at radius 3 is 2.23 bits per heavy atom. The number of hydrogen-bond acceptors (Lipinski definition) is 1. The van der Waals surface area contributed by atoms with Crippen molar-refractivity contribution < 1.29 is 4.39 Å². The Bertz CT molecular complexity index is 757. The largest absolute Gasteiger partial charge is 0.314 e. The standard InChI is InChI=1S/C19H16FNS/c1-3-16-10-13-19(14-4-6-15(20)7-5-14)21(16)17-8-11-18(22-2)12-9-17/h1,4-13H,3H2,2H3. The Labute approximate surface area is 134 Å². The molecule has 0 spiro atoms. The van der Waals surface area contributed by atoms with E-state index in [1.807, 2.05) is 12.1 Å². The van der Waals surface area contributed by atoms with E-state index in [-0.39, 0.29) is 5.82 Å². The molecule has 3 rings (SSSR count). The number of rotatable bonds is 4. The molecule has 0 aliphatic heterocycles. The molecule has 1 aromatic heterocycles. The number of thioether (sulfide) groups is 1. The first-order valence-corrected chi connectivity index (χ1v) is 8.26. The molecular formula is C19H16FNS. The van der Waals surface area contributed by atoms with Gasteiger partial charge >= 0.3 is 0 Å². The summed E-state index contributed by atoms with van der Waals surface area (Å²) < 4.78 is 15.3. The van der Waals surface area contributed by atoms with Crippen molar-refractivity contribution in [3.05, 3.63) is 79.1 Å². The van der Waals surface area contributed by atoms with E-state index in [0.717, 1.165) is 22.6 Å². The lowest BCUT2D eigenvalue weighted by Gasteiger charge is -2.14. The zero-order chi connectivity index (χ0) is 15.5. The van der Waals surface area contributed by atoms with Gasteiger partial charge in [0.1, 0.15) is 5.82 Å². The molecule has 0 bridgehead atoms. The van der Waals surface area contributed by atoms with Crippen LogP contribution >= 0.6 is 11.8 Å². The van der Waals surface area contributed by atoms with Crippen LogP contribution in [-0.2, 0) is 6.42 Å². The van der Waals surface area contributed by atoms with Crippen LogP contribution in [0, 0.1) is 12.7 Å². The Kier molecular flexibility index (Phi) is 4.34. The Hall–Kier alpha value is -2.00. The fourth-order valence-corrected chi connectivity index (χ4v) is 2.93. The third-order valence-corrected chi connectivity index (χ3v) is 4.39. The smallest absolute Gasteiger partial charge is 0.123 e. The Morgan fingerprint density at radius 2 is 1.64 bits per heavy atom. The van der Waals surface area contributed by atoms with Gasteiger partial charge in [-0.05, 0) is 85.8 Å². The van der Waals surface area contributed by atoms with Crippen LogP contribution in [0.4, 0.5) is 4.39 Å². The van der Waals surface area contributed by atoms with Crippen molar-refractivity contribution in [2.75, 3.05) is 6.26 Å². The Morgan fingerprint density at radius 1 is 0.955 bits per heavy atom. The highest BCUT2D eigenvalue weighted by molar-refractivity contribution is 7.98. The summed E-state index contributed by atoms with van der Waals surface area (Å²) in [6.45, 7) is 5.87. The second-order valence-corrected chi connectivity index (χ2v) is 5.83. The molecule has 110 valence electrons. The summed E-state index contributed by atoms with van der Waals surface area (Å²) in [5.41, 5.74) is 4.06. The van der Waals surface area contributed by atoms with E-state index in [0.29, 0.717) is 6.42 Å². The molecule has 0 unspecified atom stereocenters. The van der Waals surface area contributed by atoms with Crippen LogP contribution in [0.5, 0.6) is 0 Å². The van der Waals surface area contributed by atoms with Crippen molar-refractivity contribution in [1.82, 2.24) is 4.57 Å². The molecule has 1 heterocycles. The summed E-state index contributed by atoms with van der Waals surface area (Å²) >= 11 is 1.71. The minimum atomic E-state index is -0.231. The molecule has 0 saturated heterocycles. The summed E-state index contributed by atoms with van der Waals surface area (Å²) in [4.78, 5) is 1.22. The van der Waals surface area contributed by atoms with Gasteiger partial charge in [0.25, 0.3) is 0 Å². The number of nitrogens with zero attached hydrogens (tertiary/aromatic N) is 1. The molecule has 0 fully saturated rings. The normalized spacial score (nSPS) is 10.9. The third-order valence-electron chi connectivity index (χ3n) is 3.64. The highest BCUT2D eigenvalue weighted by Crippen LogP contribution is 2.28. The number of halogens is 1. The van der Waals surface area contributed by atoms with Gasteiger partial charge in [0.2, 0.25) is 0 Å². The quantitative estimate of drug-likeness (QED) is 0.595. The summed E-state index contributed by atoms with van der Waals surface area (Å²) in [5.74, 6) is -0.231. The van der Waals surface area contributed by atoms with E-state index in [4.69, 9.17) is 6.92 Å². The maximum absolute atomic E-state index is 13.2. The number of aromatic nitrogens is 1. The molecule has 0 saturated carbocycles. The van der Waals surface area contributed by atoms with Crippen LogP contribution in [0.3, 0.4) is 0 Å². The van der Waals surface area contributed by atoms with E-state index < -0.39 is 0 Å². The lowest BCUT2D eigenvalue weighted by Crippen LogP contribution is -2.01. The van der Waals surface area contributed by atoms with Gasteiger partial charge in [-0.2, -0.15) is 0 Å². The average Bonchev–Trinajstić information content (AvgIpc) is 2.99.